The van der Waals surface area contributed by atoms with E-state index in [4.69, 9.17) is 11.6 Å². The highest BCUT2D eigenvalue weighted by Crippen LogP contribution is 2.40. The quantitative estimate of drug-likeness (QED) is 0.340. The predicted octanol–water partition coefficient (Wildman–Crippen LogP) is 5.73. The van der Waals surface area contributed by atoms with Crippen LogP contribution >= 0.6 is 11.6 Å². The van der Waals surface area contributed by atoms with Gasteiger partial charge in [-0.3, -0.25) is 9.36 Å². The molecule has 0 fully saturated rings. The fraction of sp³-hybridized carbons (Fsp3) is 0.238. The molecule has 0 aliphatic rings. The molecule has 14 heteroatoms. The number of amides is 1. The molecule has 0 aliphatic heterocycles. The van der Waals surface area contributed by atoms with Gasteiger partial charge < -0.3 is 9.88 Å². The molecule has 0 spiro atoms. The molecule has 0 bridgehead atoms. The summed E-state index contributed by atoms with van der Waals surface area (Å²) < 4.78 is 110. The maximum absolute atomic E-state index is 14.3. The van der Waals surface area contributed by atoms with Crippen molar-refractivity contribution < 1.29 is 39.9 Å². The van der Waals surface area contributed by atoms with Crippen LogP contribution in [-0.2, 0) is 23.6 Å². The summed E-state index contributed by atoms with van der Waals surface area (Å²) in [5.41, 5.74) is -6.92. The van der Waals surface area contributed by atoms with E-state index in [1.807, 2.05) is 0 Å². The van der Waals surface area contributed by atoms with E-state index in [0.29, 0.717) is 21.6 Å². The van der Waals surface area contributed by atoms with Crippen LogP contribution in [0.4, 0.5) is 40.8 Å². The highest BCUT2D eigenvalue weighted by molar-refractivity contribution is 6.31. The third-order valence-electron chi connectivity index (χ3n) is 4.99. The molecule has 2 aromatic carbocycles. The van der Waals surface area contributed by atoms with Gasteiger partial charge in [-0.1, -0.05) is 11.6 Å². The van der Waals surface area contributed by atoms with Crippen LogP contribution < -0.4 is 10.6 Å². The van der Waals surface area contributed by atoms with E-state index >= 15 is 0 Å². The Morgan fingerprint density at radius 1 is 1.03 bits per heavy atom. The molecular formula is C21H14ClF8N3O2. The van der Waals surface area contributed by atoms with Gasteiger partial charge in [-0.05, 0) is 30.7 Å². The number of halogens is 9. The molecule has 0 radical (unpaired) electrons. The predicted molar refractivity (Wildman–Crippen MR) is 109 cm³/mol. The Bertz CT molecular complexity index is 1330. The fourth-order valence-corrected chi connectivity index (χ4v) is 3.59. The second-order valence-electron chi connectivity index (χ2n) is 7.18. The third kappa shape index (κ3) is 5.34. The van der Waals surface area contributed by atoms with Gasteiger partial charge in [0.2, 0.25) is 5.91 Å². The van der Waals surface area contributed by atoms with Crippen LogP contribution in [0.15, 0.2) is 41.5 Å². The summed E-state index contributed by atoms with van der Waals surface area (Å²) >= 11 is 5.63. The molecule has 0 aliphatic carbocycles. The van der Waals surface area contributed by atoms with Crippen molar-refractivity contribution in [1.29, 1.82) is 0 Å². The molecule has 1 aromatic heterocycles. The SMILES string of the molecule is CCN(C(=O)Cc1c(-n2cc[nH]c2=O)cc(C(F)(F)F)cc1C(F)(F)F)c1cc(Cl)c(F)cc1F. The van der Waals surface area contributed by atoms with Gasteiger partial charge in [0.25, 0.3) is 0 Å². The van der Waals surface area contributed by atoms with Crippen LogP contribution in [0.1, 0.15) is 23.6 Å². The number of anilines is 1. The molecule has 3 aromatic rings. The number of nitrogens with zero attached hydrogens (tertiary/aromatic N) is 2. The van der Waals surface area contributed by atoms with Crippen molar-refractivity contribution in [2.24, 2.45) is 0 Å². The van der Waals surface area contributed by atoms with Crippen LogP contribution in [-0.4, -0.2) is 22.0 Å². The number of benzene rings is 2. The largest absolute Gasteiger partial charge is 0.416 e. The monoisotopic (exact) mass is 527 g/mol. The second-order valence-corrected chi connectivity index (χ2v) is 7.59. The number of rotatable bonds is 5. The number of likely N-dealkylation sites (N-methyl/N-ethyl adjacent to an activating group) is 1. The summed E-state index contributed by atoms with van der Waals surface area (Å²) in [6.45, 7) is 1.03. The number of hydrogen-bond donors (Lipinski definition) is 1. The highest BCUT2D eigenvalue weighted by Gasteiger charge is 2.40. The zero-order valence-electron chi connectivity index (χ0n) is 17.5. The third-order valence-corrected chi connectivity index (χ3v) is 5.28. The number of aromatic amines is 1. The molecule has 3 rings (SSSR count). The number of alkyl halides is 6. The zero-order valence-corrected chi connectivity index (χ0v) is 18.2. The van der Waals surface area contributed by atoms with Crippen molar-refractivity contribution in [1.82, 2.24) is 9.55 Å². The van der Waals surface area contributed by atoms with Gasteiger partial charge in [0.05, 0.1) is 33.9 Å². The maximum atomic E-state index is 14.3. The lowest BCUT2D eigenvalue weighted by Gasteiger charge is -2.25. The lowest BCUT2D eigenvalue weighted by Crippen LogP contribution is -2.34. The first-order chi connectivity index (χ1) is 16.1. The van der Waals surface area contributed by atoms with Crippen LogP contribution in [0.5, 0.6) is 0 Å². The zero-order chi connectivity index (χ0) is 26.3. The van der Waals surface area contributed by atoms with Gasteiger partial charge >= 0.3 is 18.0 Å². The maximum Gasteiger partial charge on any atom is 0.416 e. The summed E-state index contributed by atoms with van der Waals surface area (Å²) in [5, 5.41) is -0.572. The number of hydrogen-bond acceptors (Lipinski definition) is 2. The molecule has 0 atom stereocenters. The lowest BCUT2D eigenvalue weighted by atomic mass is 9.97. The molecule has 0 unspecified atom stereocenters. The minimum Gasteiger partial charge on any atom is -0.312 e. The van der Waals surface area contributed by atoms with Crippen LogP contribution in [0.3, 0.4) is 0 Å². The van der Waals surface area contributed by atoms with Crippen molar-refractivity contribution in [2.45, 2.75) is 25.7 Å². The Balaban J connectivity index is 2.23. The Morgan fingerprint density at radius 2 is 1.69 bits per heavy atom. The van der Waals surface area contributed by atoms with Gasteiger partial charge in [0.15, 0.2) is 0 Å². The highest BCUT2D eigenvalue weighted by atomic mass is 35.5. The molecule has 5 nitrogen and oxygen atoms in total. The molecular weight excluding hydrogens is 514 g/mol. The van der Waals surface area contributed by atoms with Gasteiger partial charge in [-0.15, -0.1) is 0 Å². The first kappa shape index (κ1) is 26.3. The van der Waals surface area contributed by atoms with Crippen molar-refractivity contribution in [3.63, 3.8) is 0 Å². The van der Waals surface area contributed by atoms with Crippen LogP contribution in [0.2, 0.25) is 5.02 Å². The summed E-state index contributed by atoms with van der Waals surface area (Å²) in [4.78, 5) is 27.8. The number of aromatic nitrogens is 2. The van der Waals surface area contributed by atoms with E-state index in [1.54, 1.807) is 0 Å². The number of imidazole rings is 1. The Hall–Kier alpha value is -3.35. The van der Waals surface area contributed by atoms with E-state index in [9.17, 15) is 44.7 Å². The summed E-state index contributed by atoms with van der Waals surface area (Å²) in [7, 11) is 0. The minimum absolute atomic E-state index is 0.171. The summed E-state index contributed by atoms with van der Waals surface area (Å²) in [5.74, 6) is -3.57. The van der Waals surface area contributed by atoms with Crippen molar-refractivity contribution in [3.8, 4) is 5.69 Å². The van der Waals surface area contributed by atoms with E-state index in [1.165, 1.54) is 6.92 Å². The van der Waals surface area contributed by atoms with Crippen LogP contribution in [0.25, 0.3) is 5.69 Å². The molecule has 188 valence electrons. The normalized spacial score (nSPS) is 12.2. The van der Waals surface area contributed by atoms with E-state index < -0.39 is 75.1 Å². The Labute approximate surface area is 196 Å². The lowest BCUT2D eigenvalue weighted by molar-refractivity contribution is -0.143. The molecule has 0 saturated carbocycles. The standard InChI is InChI=1S/C21H14ClF8N3O2/c1-2-32(17-8-13(22)14(23)9-15(17)24)18(34)7-11-12(21(28,29)30)5-10(20(25,26)27)6-16(11)33-4-3-31-19(33)35/h3-6,8-9H,2,7H2,1H3,(H,31,35). The number of H-pyrrole nitrogens is 1. The first-order valence-corrected chi connectivity index (χ1v) is 10.1. The Morgan fingerprint density at radius 3 is 2.20 bits per heavy atom. The topological polar surface area (TPSA) is 58.1 Å². The van der Waals surface area contributed by atoms with Gasteiger partial charge in [-0.2, -0.15) is 26.3 Å². The average Bonchev–Trinajstić information content (AvgIpc) is 3.16. The summed E-state index contributed by atoms with van der Waals surface area (Å²) in [6, 6.07) is 1.26. The number of carbonyl (C=O) groups excluding carboxylic acids is 1. The van der Waals surface area contributed by atoms with E-state index in [-0.39, 0.29) is 12.6 Å². The second kappa shape index (κ2) is 9.36. The molecule has 35 heavy (non-hydrogen) atoms. The van der Waals surface area contributed by atoms with Gasteiger partial charge in [-0.25, -0.2) is 13.6 Å². The molecule has 1 amide bonds. The molecule has 1 N–H and O–H groups in total. The number of nitrogens with one attached hydrogen (secondary N) is 1. The van der Waals surface area contributed by atoms with Crippen molar-refractivity contribution in [2.75, 3.05) is 11.4 Å². The smallest absolute Gasteiger partial charge is 0.312 e. The van der Waals surface area contributed by atoms with Crippen LogP contribution in [0, 0.1) is 11.6 Å². The van der Waals surface area contributed by atoms with Gasteiger partial charge in [0.1, 0.15) is 11.6 Å². The first-order valence-electron chi connectivity index (χ1n) is 9.67. The van der Waals surface area contributed by atoms with E-state index in [2.05, 4.69) is 4.98 Å². The fourth-order valence-electron chi connectivity index (χ4n) is 3.43. The van der Waals surface area contributed by atoms with Gasteiger partial charge in [0, 0.05) is 25.0 Å². The molecule has 1 heterocycles. The number of carbonyl (C=O) groups is 1. The van der Waals surface area contributed by atoms with Crippen molar-refractivity contribution in [3.05, 3.63) is 80.5 Å². The van der Waals surface area contributed by atoms with Crippen molar-refractivity contribution >= 4 is 23.2 Å². The summed E-state index contributed by atoms with van der Waals surface area (Å²) in [6.07, 6.45) is -9.87. The average molecular weight is 528 g/mol. The Kier molecular flexibility index (Phi) is 7.02. The van der Waals surface area contributed by atoms with E-state index in [0.717, 1.165) is 18.5 Å². The molecule has 0 saturated heterocycles. The minimum atomic E-state index is -5.35.